The molecule has 1 aromatic carbocycles. The lowest BCUT2D eigenvalue weighted by atomic mass is 10.1. The van der Waals surface area contributed by atoms with E-state index in [1.54, 1.807) is 12.1 Å². The van der Waals surface area contributed by atoms with Crippen molar-refractivity contribution in [2.75, 3.05) is 6.54 Å². The number of hydrogen-bond acceptors (Lipinski definition) is 5. The maximum atomic E-state index is 9.48. The monoisotopic (exact) mass is 313 g/mol. The fraction of sp³-hybridized carbons (Fsp3) is 0.385. The van der Waals surface area contributed by atoms with Crippen LogP contribution in [0.4, 0.5) is 0 Å². The van der Waals surface area contributed by atoms with Gasteiger partial charge in [-0.3, -0.25) is 0 Å². The predicted molar refractivity (Wildman–Crippen MR) is 74.9 cm³/mol. The standard InChI is InChI=1S/C13H13Cl2N3O2/c14-8-2-1-7(10(15)4-8)3-12-17-13(20-18-12)11-5-9(19)6-16-11/h1-2,4,9,11,16,19H,3,5-6H2/t9-,11-/m0/s1. The Morgan fingerprint density at radius 3 is 2.95 bits per heavy atom. The minimum atomic E-state index is -0.360. The van der Waals surface area contributed by atoms with Crippen molar-refractivity contribution < 1.29 is 9.63 Å². The topological polar surface area (TPSA) is 71.2 Å². The summed E-state index contributed by atoms with van der Waals surface area (Å²) < 4.78 is 5.23. The minimum absolute atomic E-state index is 0.0769. The van der Waals surface area contributed by atoms with Crippen molar-refractivity contribution in [3.05, 3.63) is 45.5 Å². The number of rotatable bonds is 3. The zero-order valence-electron chi connectivity index (χ0n) is 10.5. The molecule has 1 saturated heterocycles. The Morgan fingerprint density at radius 2 is 2.25 bits per heavy atom. The summed E-state index contributed by atoms with van der Waals surface area (Å²) >= 11 is 12.0. The van der Waals surface area contributed by atoms with Crippen LogP contribution in [-0.2, 0) is 6.42 Å². The normalized spacial score (nSPS) is 22.4. The molecule has 2 aromatic rings. The molecule has 1 aliphatic rings. The molecule has 1 aromatic heterocycles. The summed E-state index contributed by atoms with van der Waals surface area (Å²) in [6.45, 7) is 0.547. The summed E-state index contributed by atoms with van der Waals surface area (Å²) in [6.07, 6.45) is 0.707. The van der Waals surface area contributed by atoms with Crippen molar-refractivity contribution in [1.82, 2.24) is 15.5 Å². The van der Waals surface area contributed by atoms with Crippen molar-refractivity contribution >= 4 is 23.2 Å². The largest absolute Gasteiger partial charge is 0.392 e. The molecular weight excluding hydrogens is 301 g/mol. The van der Waals surface area contributed by atoms with Crippen LogP contribution < -0.4 is 5.32 Å². The molecule has 106 valence electrons. The molecule has 0 bridgehead atoms. The number of aliphatic hydroxyl groups excluding tert-OH is 1. The summed E-state index contributed by atoms with van der Waals surface area (Å²) in [7, 11) is 0. The lowest BCUT2D eigenvalue weighted by Gasteiger charge is -2.02. The van der Waals surface area contributed by atoms with Gasteiger partial charge in [-0.15, -0.1) is 0 Å². The van der Waals surface area contributed by atoms with Crippen LogP contribution in [-0.4, -0.2) is 27.9 Å². The molecule has 7 heteroatoms. The fourth-order valence-corrected chi connectivity index (χ4v) is 2.70. The van der Waals surface area contributed by atoms with Gasteiger partial charge in [-0.25, -0.2) is 0 Å². The Bertz CT molecular complexity index is 617. The molecule has 1 aliphatic heterocycles. The van der Waals surface area contributed by atoms with Gasteiger partial charge in [-0.2, -0.15) is 4.98 Å². The van der Waals surface area contributed by atoms with Gasteiger partial charge < -0.3 is 14.9 Å². The molecule has 20 heavy (non-hydrogen) atoms. The number of benzene rings is 1. The number of nitrogens with zero attached hydrogens (tertiary/aromatic N) is 2. The highest BCUT2D eigenvalue weighted by Crippen LogP contribution is 2.25. The maximum Gasteiger partial charge on any atom is 0.243 e. The van der Waals surface area contributed by atoms with Gasteiger partial charge in [0.05, 0.1) is 12.1 Å². The molecule has 0 aliphatic carbocycles. The van der Waals surface area contributed by atoms with E-state index < -0.39 is 0 Å². The third-order valence-electron chi connectivity index (χ3n) is 3.25. The van der Waals surface area contributed by atoms with E-state index in [1.165, 1.54) is 0 Å². The van der Waals surface area contributed by atoms with E-state index in [0.717, 1.165) is 5.56 Å². The SMILES string of the molecule is O[C@@H]1CN[C@H](c2nc(Cc3ccc(Cl)cc3Cl)no2)C1. The summed E-state index contributed by atoms with van der Waals surface area (Å²) in [6, 6.07) is 5.23. The van der Waals surface area contributed by atoms with Crippen molar-refractivity contribution in [2.24, 2.45) is 0 Å². The van der Waals surface area contributed by atoms with E-state index in [-0.39, 0.29) is 12.1 Å². The molecule has 0 saturated carbocycles. The molecule has 0 spiro atoms. The van der Waals surface area contributed by atoms with Crippen LogP contribution in [0.2, 0.25) is 10.0 Å². The molecular formula is C13H13Cl2N3O2. The molecule has 2 heterocycles. The molecule has 0 radical (unpaired) electrons. The van der Waals surface area contributed by atoms with Crippen LogP contribution >= 0.6 is 23.2 Å². The first-order chi connectivity index (χ1) is 9.61. The average molecular weight is 314 g/mol. The summed E-state index contributed by atoms with van der Waals surface area (Å²) in [5.41, 5.74) is 0.892. The second-order valence-corrected chi connectivity index (χ2v) is 5.66. The van der Waals surface area contributed by atoms with Crippen molar-refractivity contribution in [3.63, 3.8) is 0 Å². The van der Waals surface area contributed by atoms with Crippen molar-refractivity contribution in [3.8, 4) is 0 Å². The highest BCUT2D eigenvalue weighted by molar-refractivity contribution is 6.35. The fourth-order valence-electron chi connectivity index (χ4n) is 2.22. The smallest absolute Gasteiger partial charge is 0.243 e. The van der Waals surface area contributed by atoms with Gasteiger partial charge in [-0.05, 0) is 24.1 Å². The maximum absolute atomic E-state index is 9.48. The lowest BCUT2D eigenvalue weighted by Crippen LogP contribution is -2.15. The van der Waals surface area contributed by atoms with Gasteiger partial charge in [0.15, 0.2) is 5.82 Å². The second kappa shape index (κ2) is 5.69. The van der Waals surface area contributed by atoms with Crippen LogP contribution in [0.3, 0.4) is 0 Å². The van der Waals surface area contributed by atoms with Gasteiger partial charge in [-0.1, -0.05) is 34.4 Å². The van der Waals surface area contributed by atoms with E-state index in [1.807, 2.05) is 6.07 Å². The quantitative estimate of drug-likeness (QED) is 0.910. The zero-order chi connectivity index (χ0) is 14.1. The summed E-state index contributed by atoms with van der Waals surface area (Å²) in [4.78, 5) is 4.34. The molecule has 1 fully saturated rings. The summed E-state index contributed by atoms with van der Waals surface area (Å²) in [5.74, 6) is 1.06. The lowest BCUT2D eigenvalue weighted by molar-refractivity contribution is 0.191. The molecule has 0 amide bonds. The van der Waals surface area contributed by atoms with Gasteiger partial charge in [0.25, 0.3) is 0 Å². The van der Waals surface area contributed by atoms with E-state index in [2.05, 4.69) is 15.5 Å². The number of aliphatic hydroxyl groups is 1. The van der Waals surface area contributed by atoms with E-state index >= 15 is 0 Å². The van der Waals surface area contributed by atoms with Crippen LogP contribution in [0.1, 0.15) is 29.7 Å². The van der Waals surface area contributed by atoms with Gasteiger partial charge in [0, 0.05) is 23.0 Å². The summed E-state index contributed by atoms with van der Waals surface area (Å²) in [5, 5.41) is 17.7. The third-order valence-corrected chi connectivity index (χ3v) is 3.84. The van der Waals surface area contributed by atoms with Crippen LogP contribution in [0.5, 0.6) is 0 Å². The Labute approximate surface area is 125 Å². The second-order valence-electron chi connectivity index (χ2n) is 4.81. The van der Waals surface area contributed by atoms with E-state index in [0.29, 0.717) is 41.1 Å². The Morgan fingerprint density at radius 1 is 1.40 bits per heavy atom. The number of nitrogens with one attached hydrogen (secondary N) is 1. The minimum Gasteiger partial charge on any atom is -0.392 e. The van der Waals surface area contributed by atoms with Crippen LogP contribution in [0.15, 0.2) is 22.7 Å². The van der Waals surface area contributed by atoms with Gasteiger partial charge in [0.2, 0.25) is 5.89 Å². The molecule has 2 N–H and O–H groups in total. The molecule has 3 rings (SSSR count). The molecule has 2 atom stereocenters. The van der Waals surface area contributed by atoms with Crippen molar-refractivity contribution in [2.45, 2.75) is 25.0 Å². The Hall–Kier alpha value is -1.14. The predicted octanol–water partition coefficient (Wildman–Crippen LogP) is 2.36. The molecule has 5 nitrogen and oxygen atoms in total. The van der Waals surface area contributed by atoms with Crippen LogP contribution in [0, 0.1) is 0 Å². The average Bonchev–Trinajstić information content (AvgIpc) is 3.02. The number of halogens is 2. The van der Waals surface area contributed by atoms with Gasteiger partial charge in [0.1, 0.15) is 0 Å². The Kier molecular flexibility index (Phi) is 3.94. The van der Waals surface area contributed by atoms with Crippen molar-refractivity contribution in [1.29, 1.82) is 0 Å². The van der Waals surface area contributed by atoms with Gasteiger partial charge >= 0.3 is 0 Å². The Balaban J connectivity index is 1.74. The highest BCUT2D eigenvalue weighted by atomic mass is 35.5. The van der Waals surface area contributed by atoms with E-state index in [9.17, 15) is 5.11 Å². The third kappa shape index (κ3) is 2.96. The first kappa shape index (κ1) is 13.8. The number of aromatic nitrogens is 2. The zero-order valence-corrected chi connectivity index (χ0v) is 12.0. The first-order valence-electron chi connectivity index (χ1n) is 6.29. The van der Waals surface area contributed by atoms with Crippen LogP contribution in [0.25, 0.3) is 0 Å². The number of hydrogen-bond donors (Lipinski definition) is 2. The molecule has 0 unspecified atom stereocenters. The number of β-amino-alcohol motifs (C(OH)–C–C–N with tert-alkyl or cyclic N) is 1. The highest BCUT2D eigenvalue weighted by Gasteiger charge is 2.28. The van der Waals surface area contributed by atoms with E-state index in [4.69, 9.17) is 27.7 Å². The first-order valence-corrected chi connectivity index (χ1v) is 7.05.